The number of fused-ring (bicyclic) bond motifs is 2. The van der Waals surface area contributed by atoms with Crippen molar-refractivity contribution in [2.24, 2.45) is 0 Å². The Morgan fingerprint density at radius 3 is 1.47 bits per heavy atom. The van der Waals surface area contributed by atoms with Crippen LogP contribution in [-0.2, 0) is 0 Å². The molecule has 1 heteroatoms. The molecule has 10 aromatic carbocycles. The Labute approximate surface area is 345 Å². The first-order chi connectivity index (χ1) is 31.6. The molecule has 0 unspecified atom stereocenters. The van der Waals surface area contributed by atoms with Gasteiger partial charge in [0.05, 0.1) is 11.0 Å². The van der Waals surface area contributed by atoms with E-state index in [1.165, 1.54) is 4.90 Å². The van der Waals surface area contributed by atoms with Gasteiger partial charge in [-0.05, 0) is 120 Å². The molecule has 0 aromatic heterocycles. The van der Waals surface area contributed by atoms with Crippen LogP contribution >= 0.6 is 0 Å². The van der Waals surface area contributed by atoms with E-state index < -0.39 is 24.2 Å². The molecule has 0 amide bonds. The Morgan fingerprint density at radius 2 is 0.789 bits per heavy atom. The smallest absolute Gasteiger partial charge is 0.0645 e. The van der Waals surface area contributed by atoms with Crippen LogP contribution in [-0.4, -0.2) is 0 Å². The maximum absolute atomic E-state index is 9.63. The van der Waals surface area contributed by atoms with Crippen molar-refractivity contribution < 1.29 is 11.0 Å². The van der Waals surface area contributed by atoms with Crippen molar-refractivity contribution in [3.8, 4) is 55.6 Å². The molecule has 0 bridgehead atoms. The van der Waals surface area contributed by atoms with Gasteiger partial charge in [-0.1, -0.05) is 194 Å². The lowest BCUT2D eigenvalue weighted by Crippen LogP contribution is -2.09. The predicted octanol–water partition coefficient (Wildman–Crippen LogP) is 15.8. The molecule has 0 aliphatic rings. The summed E-state index contributed by atoms with van der Waals surface area (Å²) in [5.41, 5.74) is 6.87. The van der Waals surface area contributed by atoms with E-state index in [0.29, 0.717) is 16.8 Å². The largest absolute Gasteiger partial charge is 0.311 e. The van der Waals surface area contributed by atoms with Gasteiger partial charge in [-0.3, -0.25) is 0 Å². The molecule has 0 N–H and O–H groups in total. The summed E-state index contributed by atoms with van der Waals surface area (Å²) in [7, 11) is 0. The van der Waals surface area contributed by atoms with Crippen LogP contribution in [0.4, 0.5) is 17.1 Å². The Balaban J connectivity index is 1.20. The summed E-state index contributed by atoms with van der Waals surface area (Å²) in [6, 6.07) is 57.3. The molecule has 0 aliphatic carbocycles. The lowest BCUT2D eigenvalue weighted by Gasteiger charge is -2.26. The molecule has 0 spiro atoms. The molecule has 0 fully saturated rings. The molecule has 0 aliphatic heterocycles. The molecular weight excluding hydrogens is 687 g/mol. The van der Waals surface area contributed by atoms with Crippen LogP contribution in [0.5, 0.6) is 0 Å². The van der Waals surface area contributed by atoms with Crippen molar-refractivity contribution in [1.29, 1.82) is 0 Å². The van der Waals surface area contributed by atoms with Crippen LogP contribution < -0.4 is 4.90 Å². The van der Waals surface area contributed by atoms with Crippen LogP contribution in [0.3, 0.4) is 0 Å². The van der Waals surface area contributed by atoms with Crippen LogP contribution in [0.25, 0.3) is 77.2 Å². The Kier molecular flexibility index (Phi) is 6.92. The summed E-state index contributed by atoms with van der Waals surface area (Å²) in [5, 5.41) is 3.74. The zero-order chi connectivity index (χ0) is 44.9. The highest BCUT2D eigenvalue weighted by Crippen LogP contribution is 2.42. The van der Waals surface area contributed by atoms with Crippen molar-refractivity contribution in [1.82, 2.24) is 0 Å². The van der Waals surface area contributed by atoms with Crippen LogP contribution in [0.2, 0.25) is 0 Å². The Morgan fingerprint density at radius 1 is 0.281 bits per heavy atom. The van der Waals surface area contributed by atoms with Gasteiger partial charge in [-0.2, -0.15) is 0 Å². The predicted molar refractivity (Wildman–Crippen MR) is 243 cm³/mol. The molecular formula is C56H39N. The number of anilines is 3. The summed E-state index contributed by atoms with van der Waals surface area (Å²) >= 11 is 0. The Hall–Kier alpha value is -7.48. The minimum Gasteiger partial charge on any atom is -0.311 e. The highest BCUT2D eigenvalue weighted by Gasteiger charge is 2.17. The van der Waals surface area contributed by atoms with E-state index in [-0.39, 0.29) is 46.7 Å². The number of rotatable bonds is 8. The molecule has 0 saturated carbocycles. The molecule has 57 heavy (non-hydrogen) atoms. The van der Waals surface area contributed by atoms with E-state index in [1.54, 1.807) is 24.3 Å². The summed E-state index contributed by atoms with van der Waals surface area (Å²) in [6.07, 6.45) is 0. The van der Waals surface area contributed by atoms with Gasteiger partial charge in [0.15, 0.2) is 0 Å². The van der Waals surface area contributed by atoms with E-state index in [4.69, 9.17) is 0 Å². The molecule has 10 aromatic rings. The monoisotopic (exact) mass is 733 g/mol. The van der Waals surface area contributed by atoms with Gasteiger partial charge in [0.2, 0.25) is 0 Å². The van der Waals surface area contributed by atoms with Crippen LogP contribution in [0.1, 0.15) is 11.0 Å². The normalized spacial score (nSPS) is 13.1. The van der Waals surface area contributed by atoms with Gasteiger partial charge in [0.1, 0.15) is 0 Å². The second-order valence-electron chi connectivity index (χ2n) is 13.9. The van der Waals surface area contributed by atoms with Gasteiger partial charge < -0.3 is 4.90 Å². The second-order valence-corrected chi connectivity index (χ2v) is 13.9. The fraction of sp³-hybridized carbons (Fsp3) is 0. The van der Waals surface area contributed by atoms with Gasteiger partial charge in [0.25, 0.3) is 0 Å². The average molecular weight is 734 g/mol. The fourth-order valence-electron chi connectivity index (χ4n) is 7.63. The van der Waals surface area contributed by atoms with Gasteiger partial charge in [-0.25, -0.2) is 0 Å². The summed E-state index contributed by atoms with van der Waals surface area (Å²) in [4.78, 5) is 1.36. The summed E-state index contributed by atoms with van der Waals surface area (Å²) < 4.78 is 76.4. The van der Waals surface area contributed by atoms with E-state index in [2.05, 4.69) is 36.4 Å². The molecule has 0 saturated heterocycles. The first-order valence-electron chi connectivity index (χ1n) is 22.9. The van der Waals surface area contributed by atoms with Gasteiger partial charge in [0, 0.05) is 17.1 Å². The third-order valence-electron chi connectivity index (χ3n) is 10.4. The topological polar surface area (TPSA) is 3.24 Å². The SMILES string of the molecule is [2H]c1c([2H])c(N(c2ccc(-c3c(-c4ccccc4)ccc4ccccc34)cc2)c2c([2H])c([2H])c(-c3cccc4ccccc34)c([2H])c2[2H])c([2H])c([2H])c1-c1cccc(-c2ccccc2)c1. The molecule has 0 atom stereocenters. The first-order valence-corrected chi connectivity index (χ1v) is 18.9. The minimum absolute atomic E-state index is 0.104. The maximum Gasteiger partial charge on any atom is 0.0645 e. The highest BCUT2D eigenvalue weighted by molar-refractivity contribution is 6.04. The fourth-order valence-corrected chi connectivity index (χ4v) is 7.63. The zero-order valence-corrected chi connectivity index (χ0v) is 30.8. The molecule has 268 valence electrons. The molecule has 0 heterocycles. The van der Waals surface area contributed by atoms with E-state index in [0.717, 1.165) is 54.9 Å². The molecule has 1 nitrogen and oxygen atoms in total. The highest BCUT2D eigenvalue weighted by atomic mass is 15.1. The van der Waals surface area contributed by atoms with E-state index >= 15 is 0 Å². The quantitative estimate of drug-likeness (QED) is 0.150. The Bertz CT molecular complexity index is 3400. The number of hydrogen-bond donors (Lipinski definition) is 0. The molecule has 0 radical (unpaired) electrons. The van der Waals surface area contributed by atoms with Crippen molar-refractivity contribution >= 4 is 38.6 Å². The number of benzene rings is 10. The minimum atomic E-state index is -0.398. The van der Waals surface area contributed by atoms with Gasteiger partial charge in [-0.15, -0.1) is 0 Å². The number of nitrogens with zero attached hydrogens (tertiary/aromatic N) is 1. The van der Waals surface area contributed by atoms with Crippen LogP contribution in [0.15, 0.2) is 236 Å². The zero-order valence-electron chi connectivity index (χ0n) is 38.8. The summed E-state index contributed by atoms with van der Waals surface area (Å²) in [6.45, 7) is 0. The molecule has 10 rings (SSSR count). The second kappa shape index (κ2) is 15.0. The van der Waals surface area contributed by atoms with E-state index in [9.17, 15) is 11.0 Å². The maximum atomic E-state index is 9.63. The van der Waals surface area contributed by atoms with Crippen molar-refractivity contribution in [3.63, 3.8) is 0 Å². The van der Waals surface area contributed by atoms with Crippen LogP contribution in [0, 0.1) is 0 Å². The number of hydrogen-bond acceptors (Lipinski definition) is 1. The lowest BCUT2D eigenvalue weighted by atomic mass is 9.89. The van der Waals surface area contributed by atoms with Gasteiger partial charge >= 0.3 is 0 Å². The van der Waals surface area contributed by atoms with Crippen molar-refractivity contribution in [3.05, 3.63) is 236 Å². The van der Waals surface area contributed by atoms with E-state index in [1.807, 2.05) is 127 Å². The third kappa shape index (κ3) is 6.66. The van der Waals surface area contributed by atoms with Crippen molar-refractivity contribution in [2.75, 3.05) is 4.90 Å². The van der Waals surface area contributed by atoms with Crippen molar-refractivity contribution in [2.45, 2.75) is 0 Å². The summed E-state index contributed by atoms with van der Waals surface area (Å²) in [5.74, 6) is 0. The third-order valence-corrected chi connectivity index (χ3v) is 10.4. The first kappa shape index (κ1) is 26.3. The lowest BCUT2D eigenvalue weighted by molar-refractivity contribution is 1.28. The average Bonchev–Trinajstić information content (AvgIpc) is 3.35. The standard InChI is InChI=1S/C56H39N/c1-3-13-40(14-4-1)47-20-11-21-48(39-47)41-25-32-49(33-26-41)57(50-34-27-45(28-35-50)53-24-12-19-42-17-7-9-22-52(42)53)51-36-29-46(30-37-51)56-54-23-10-8-18-44(54)31-38-55(56)43-15-5-2-6-16-43/h1-39H/i25D,26D,27D,28D,32D,33D,34D,35D.